The zero-order chi connectivity index (χ0) is 17.3. The lowest BCUT2D eigenvalue weighted by Gasteiger charge is -2.35. The fourth-order valence-corrected chi connectivity index (χ4v) is 2.83. The number of piperazine rings is 1. The number of amides is 2. The van der Waals surface area contributed by atoms with Crippen LogP contribution in [0.2, 0.25) is 0 Å². The van der Waals surface area contributed by atoms with Crippen LogP contribution < -0.4 is 10.6 Å². The number of nitrogens with two attached hydrogens (primary N) is 1. The van der Waals surface area contributed by atoms with Crippen molar-refractivity contribution in [3.8, 4) is 5.69 Å². The van der Waals surface area contributed by atoms with Crippen molar-refractivity contribution >= 4 is 17.8 Å². The maximum atomic E-state index is 11.6. The lowest BCUT2D eigenvalue weighted by molar-refractivity contribution is -0.129. The Morgan fingerprint density at radius 2 is 1.71 bits per heavy atom. The summed E-state index contributed by atoms with van der Waals surface area (Å²) in [7, 11) is 0. The van der Waals surface area contributed by atoms with E-state index in [0.29, 0.717) is 32.1 Å². The van der Waals surface area contributed by atoms with Gasteiger partial charge < -0.3 is 15.5 Å². The van der Waals surface area contributed by atoms with Crippen molar-refractivity contribution in [2.45, 2.75) is 13.8 Å². The van der Waals surface area contributed by atoms with Gasteiger partial charge in [-0.15, -0.1) is 0 Å². The molecular formula is C17H21N5O2. The molecule has 2 heterocycles. The molecule has 0 aliphatic carbocycles. The molecule has 7 nitrogen and oxygen atoms in total. The third-order valence-corrected chi connectivity index (χ3v) is 4.26. The van der Waals surface area contributed by atoms with Crippen molar-refractivity contribution in [1.82, 2.24) is 14.5 Å². The molecule has 3 rings (SSSR count). The lowest BCUT2D eigenvalue weighted by atomic mass is 10.2. The zero-order valence-electron chi connectivity index (χ0n) is 13.9. The molecule has 7 heteroatoms. The van der Waals surface area contributed by atoms with Gasteiger partial charge in [-0.25, -0.2) is 4.98 Å². The summed E-state index contributed by atoms with van der Waals surface area (Å²) in [6.45, 7) is 6.22. The minimum atomic E-state index is -0.551. The highest BCUT2D eigenvalue weighted by molar-refractivity contribution is 5.91. The van der Waals surface area contributed by atoms with E-state index in [0.717, 1.165) is 11.3 Å². The van der Waals surface area contributed by atoms with E-state index in [1.54, 1.807) is 13.1 Å². The van der Waals surface area contributed by atoms with E-state index < -0.39 is 5.91 Å². The van der Waals surface area contributed by atoms with Crippen LogP contribution in [0.25, 0.3) is 5.69 Å². The summed E-state index contributed by atoms with van der Waals surface area (Å²) >= 11 is 0. The normalized spacial score (nSPS) is 14.8. The first-order valence-corrected chi connectivity index (χ1v) is 7.92. The lowest BCUT2D eigenvalue weighted by Crippen LogP contribution is -2.48. The molecule has 2 aromatic rings. The molecule has 0 atom stereocenters. The molecule has 1 saturated heterocycles. The summed E-state index contributed by atoms with van der Waals surface area (Å²) in [6, 6.07) is 7.99. The number of primary amides is 1. The predicted molar refractivity (Wildman–Crippen MR) is 91.3 cm³/mol. The second-order valence-electron chi connectivity index (χ2n) is 5.99. The van der Waals surface area contributed by atoms with Gasteiger partial charge in [0.25, 0.3) is 5.91 Å². The van der Waals surface area contributed by atoms with Crippen LogP contribution in [0.4, 0.5) is 5.95 Å². The van der Waals surface area contributed by atoms with Gasteiger partial charge in [-0.05, 0) is 19.1 Å². The van der Waals surface area contributed by atoms with Crippen LogP contribution in [0.3, 0.4) is 0 Å². The molecule has 1 aliphatic rings. The van der Waals surface area contributed by atoms with Gasteiger partial charge in [-0.2, -0.15) is 0 Å². The number of carbonyl (C=O) groups excluding carboxylic acids is 2. The van der Waals surface area contributed by atoms with E-state index in [-0.39, 0.29) is 11.6 Å². The molecular weight excluding hydrogens is 306 g/mol. The van der Waals surface area contributed by atoms with E-state index in [1.165, 1.54) is 0 Å². The van der Waals surface area contributed by atoms with E-state index in [4.69, 9.17) is 5.73 Å². The van der Waals surface area contributed by atoms with Crippen LogP contribution in [0.15, 0.2) is 30.5 Å². The molecule has 126 valence electrons. The SMILES string of the molecule is CC(=O)N1CCN(c2nc(C(N)=O)cn2-c2ccc(C)cc2)CC1. The van der Waals surface area contributed by atoms with Crippen LogP contribution in [0, 0.1) is 6.92 Å². The molecule has 0 unspecified atom stereocenters. The summed E-state index contributed by atoms with van der Waals surface area (Å²) < 4.78 is 1.88. The summed E-state index contributed by atoms with van der Waals surface area (Å²) in [5.41, 5.74) is 7.72. The summed E-state index contributed by atoms with van der Waals surface area (Å²) in [4.78, 5) is 31.3. The van der Waals surface area contributed by atoms with Crippen LogP contribution in [0.5, 0.6) is 0 Å². The number of hydrogen-bond acceptors (Lipinski definition) is 4. The molecule has 1 fully saturated rings. The number of carbonyl (C=O) groups is 2. The molecule has 1 aliphatic heterocycles. The summed E-state index contributed by atoms with van der Waals surface area (Å²) in [5.74, 6) is 0.203. The number of benzene rings is 1. The van der Waals surface area contributed by atoms with Gasteiger partial charge in [-0.1, -0.05) is 17.7 Å². The number of anilines is 1. The zero-order valence-corrected chi connectivity index (χ0v) is 13.9. The van der Waals surface area contributed by atoms with Gasteiger partial charge >= 0.3 is 0 Å². The van der Waals surface area contributed by atoms with Crippen LogP contribution >= 0.6 is 0 Å². The molecule has 1 aromatic heterocycles. The third-order valence-electron chi connectivity index (χ3n) is 4.26. The first kappa shape index (κ1) is 16.0. The van der Waals surface area contributed by atoms with Gasteiger partial charge in [0.15, 0.2) is 0 Å². The second kappa shape index (κ2) is 6.35. The molecule has 0 radical (unpaired) electrons. The Bertz CT molecular complexity index is 758. The van der Waals surface area contributed by atoms with Crippen LogP contribution in [0.1, 0.15) is 23.0 Å². The topological polar surface area (TPSA) is 84.5 Å². The summed E-state index contributed by atoms with van der Waals surface area (Å²) in [6.07, 6.45) is 1.67. The molecule has 24 heavy (non-hydrogen) atoms. The first-order valence-electron chi connectivity index (χ1n) is 7.92. The average Bonchev–Trinajstić information content (AvgIpc) is 3.01. The predicted octanol–water partition coefficient (Wildman–Crippen LogP) is 0.948. The van der Waals surface area contributed by atoms with Gasteiger partial charge in [0.2, 0.25) is 11.9 Å². The molecule has 0 saturated carbocycles. The van der Waals surface area contributed by atoms with Gasteiger partial charge in [0.1, 0.15) is 5.69 Å². The van der Waals surface area contributed by atoms with E-state index in [2.05, 4.69) is 9.88 Å². The van der Waals surface area contributed by atoms with Crippen LogP contribution in [-0.2, 0) is 4.79 Å². The Balaban J connectivity index is 1.93. The maximum Gasteiger partial charge on any atom is 0.268 e. The number of rotatable bonds is 3. The Morgan fingerprint density at radius 3 is 2.25 bits per heavy atom. The van der Waals surface area contributed by atoms with Crippen molar-refractivity contribution in [2.24, 2.45) is 5.73 Å². The van der Waals surface area contributed by atoms with Gasteiger partial charge in [0, 0.05) is 45.0 Å². The van der Waals surface area contributed by atoms with Crippen molar-refractivity contribution < 1.29 is 9.59 Å². The van der Waals surface area contributed by atoms with Crippen molar-refractivity contribution in [3.63, 3.8) is 0 Å². The van der Waals surface area contributed by atoms with E-state index in [9.17, 15) is 9.59 Å². The highest BCUT2D eigenvalue weighted by atomic mass is 16.2. The minimum absolute atomic E-state index is 0.0781. The fourth-order valence-electron chi connectivity index (χ4n) is 2.83. The molecule has 0 spiro atoms. The first-order chi connectivity index (χ1) is 11.5. The van der Waals surface area contributed by atoms with Crippen molar-refractivity contribution in [1.29, 1.82) is 0 Å². The van der Waals surface area contributed by atoms with Crippen molar-refractivity contribution in [2.75, 3.05) is 31.1 Å². The number of imidazole rings is 1. The molecule has 2 N–H and O–H groups in total. The van der Waals surface area contributed by atoms with E-state index >= 15 is 0 Å². The third kappa shape index (κ3) is 3.10. The minimum Gasteiger partial charge on any atom is -0.364 e. The number of hydrogen-bond donors (Lipinski definition) is 1. The average molecular weight is 327 g/mol. The molecule has 0 bridgehead atoms. The second-order valence-corrected chi connectivity index (χ2v) is 5.99. The fraction of sp³-hybridized carbons (Fsp3) is 0.353. The Morgan fingerprint density at radius 1 is 1.08 bits per heavy atom. The highest BCUT2D eigenvalue weighted by Crippen LogP contribution is 2.22. The Hall–Kier alpha value is -2.83. The largest absolute Gasteiger partial charge is 0.364 e. The smallest absolute Gasteiger partial charge is 0.268 e. The summed E-state index contributed by atoms with van der Waals surface area (Å²) in [5, 5.41) is 0. The van der Waals surface area contributed by atoms with Gasteiger partial charge in [-0.3, -0.25) is 14.2 Å². The standard InChI is InChI=1S/C17H21N5O2/c1-12-3-5-14(6-4-12)22-11-15(16(18)24)19-17(22)21-9-7-20(8-10-21)13(2)23/h3-6,11H,7-10H2,1-2H3,(H2,18,24). The molecule has 1 aromatic carbocycles. The maximum absolute atomic E-state index is 11.6. The Labute approximate surface area is 140 Å². The molecule has 2 amide bonds. The van der Waals surface area contributed by atoms with E-state index in [1.807, 2.05) is 40.7 Å². The monoisotopic (exact) mass is 327 g/mol. The number of aromatic nitrogens is 2. The Kier molecular flexibility index (Phi) is 4.24. The van der Waals surface area contributed by atoms with Gasteiger partial charge in [0.05, 0.1) is 0 Å². The van der Waals surface area contributed by atoms with Crippen molar-refractivity contribution in [3.05, 3.63) is 41.7 Å². The quantitative estimate of drug-likeness (QED) is 0.909. The number of nitrogens with zero attached hydrogens (tertiary/aromatic N) is 4. The van der Waals surface area contributed by atoms with Crippen LogP contribution in [-0.4, -0.2) is 52.4 Å². The number of aryl methyl sites for hydroxylation is 1. The highest BCUT2D eigenvalue weighted by Gasteiger charge is 2.24.